The minimum Gasteiger partial charge on any atom is -0.535 e. The summed E-state index contributed by atoms with van der Waals surface area (Å²) in [6, 6.07) is 4.89. The third-order valence-corrected chi connectivity index (χ3v) is 6.05. The Morgan fingerprint density at radius 1 is 1.35 bits per heavy atom. The van der Waals surface area contributed by atoms with Gasteiger partial charge in [-0.25, -0.2) is 4.79 Å². The van der Waals surface area contributed by atoms with Crippen molar-refractivity contribution in [3.63, 3.8) is 0 Å². The van der Waals surface area contributed by atoms with Crippen LogP contribution in [-0.4, -0.2) is 35.5 Å². The Bertz CT molecular complexity index is 880. The molecule has 0 fully saturated rings. The maximum atomic E-state index is 12.8. The smallest absolute Gasteiger partial charge is 0.526 e. The second kappa shape index (κ2) is 6.87. The molecule has 2 aliphatic heterocycles. The van der Waals surface area contributed by atoms with Crippen LogP contribution in [0.5, 0.6) is 5.75 Å². The number of benzene rings is 1. The maximum Gasteiger partial charge on any atom is 0.526 e. The van der Waals surface area contributed by atoms with Gasteiger partial charge in [0.2, 0.25) is 0 Å². The van der Waals surface area contributed by atoms with Crippen LogP contribution in [0, 0.1) is 0 Å². The summed E-state index contributed by atoms with van der Waals surface area (Å²) in [6.45, 7) is 1.66. The predicted octanol–water partition coefficient (Wildman–Crippen LogP) is 2.15. The lowest BCUT2D eigenvalue weighted by molar-refractivity contribution is 0.0693. The minimum absolute atomic E-state index is 0.00916. The van der Waals surface area contributed by atoms with Crippen LogP contribution < -0.4 is 9.97 Å². The summed E-state index contributed by atoms with van der Waals surface area (Å²) in [5, 5.41) is 24.8. The molecule has 1 aromatic carbocycles. The largest absolute Gasteiger partial charge is 0.535 e. The fourth-order valence-electron chi connectivity index (χ4n) is 3.67. The SMILES string of the molecule is O=C(C[C@H]1Cc2cccc(C(=O)O)c2OB1O)c1csc2c1CCNC2. The van der Waals surface area contributed by atoms with E-state index in [0.29, 0.717) is 12.0 Å². The Hall–Kier alpha value is -2.16. The van der Waals surface area contributed by atoms with Crippen LogP contribution in [0.25, 0.3) is 0 Å². The lowest BCUT2D eigenvalue weighted by Gasteiger charge is -2.28. The number of fused-ring (bicyclic) bond motifs is 2. The predicted molar refractivity (Wildman–Crippen MR) is 98.1 cm³/mol. The zero-order chi connectivity index (χ0) is 18.3. The molecule has 4 rings (SSSR count). The Balaban J connectivity index is 1.54. The van der Waals surface area contributed by atoms with Gasteiger partial charge in [-0.15, -0.1) is 11.3 Å². The average molecular weight is 371 g/mol. The van der Waals surface area contributed by atoms with E-state index in [9.17, 15) is 19.7 Å². The number of nitrogens with one attached hydrogen (secondary N) is 1. The number of para-hydroxylation sites is 1. The number of carbonyl (C=O) groups is 2. The lowest BCUT2D eigenvalue weighted by Crippen LogP contribution is -2.36. The molecule has 0 bridgehead atoms. The zero-order valence-electron chi connectivity index (χ0n) is 14.0. The maximum absolute atomic E-state index is 12.8. The summed E-state index contributed by atoms with van der Waals surface area (Å²) in [5.74, 6) is -1.27. The number of hydrogen-bond acceptors (Lipinski definition) is 6. The van der Waals surface area contributed by atoms with E-state index < -0.39 is 18.9 Å². The van der Waals surface area contributed by atoms with Gasteiger partial charge in [0.15, 0.2) is 5.78 Å². The fraction of sp³-hybridized carbons (Fsp3) is 0.333. The van der Waals surface area contributed by atoms with Gasteiger partial charge in [-0.05, 0) is 36.6 Å². The first-order valence-corrected chi connectivity index (χ1v) is 9.45. The molecule has 8 heteroatoms. The molecular formula is C18H18BNO5S. The highest BCUT2D eigenvalue weighted by Crippen LogP contribution is 2.37. The van der Waals surface area contributed by atoms with Gasteiger partial charge < -0.3 is 20.1 Å². The summed E-state index contributed by atoms with van der Waals surface area (Å²) >= 11 is 1.59. The van der Waals surface area contributed by atoms with Crippen molar-refractivity contribution < 1.29 is 24.4 Å². The van der Waals surface area contributed by atoms with Crippen molar-refractivity contribution in [2.75, 3.05) is 6.54 Å². The Morgan fingerprint density at radius 2 is 2.19 bits per heavy atom. The standard InChI is InChI=1S/C18H18BNO5S/c21-15(14-9-26-16-8-20-5-4-12(14)16)7-11-6-10-2-1-3-13(18(22)23)17(10)25-19(11)24/h1-3,9,11,20,24H,4-8H2,(H,22,23)/t11-/m1/s1. The number of carbonyl (C=O) groups excluding carboxylic acids is 1. The van der Waals surface area contributed by atoms with Crippen molar-refractivity contribution in [3.8, 4) is 5.75 Å². The van der Waals surface area contributed by atoms with E-state index in [-0.39, 0.29) is 23.5 Å². The summed E-state index contributed by atoms with van der Waals surface area (Å²) in [4.78, 5) is 25.3. The number of Topliss-reactive ketones (excluding diaryl/α,β-unsaturated/α-hetero) is 1. The van der Waals surface area contributed by atoms with Gasteiger partial charge in [0.25, 0.3) is 0 Å². The molecule has 2 aliphatic rings. The van der Waals surface area contributed by atoms with E-state index in [1.54, 1.807) is 23.5 Å². The molecule has 6 nitrogen and oxygen atoms in total. The van der Waals surface area contributed by atoms with Crippen LogP contribution in [0.1, 0.15) is 43.1 Å². The van der Waals surface area contributed by atoms with Crippen molar-refractivity contribution in [1.82, 2.24) is 5.32 Å². The summed E-state index contributed by atoms with van der Waals surface area (Å²) in [7, 11) is -1.19. The quantitative estimate of drug-likeness (QED) is 0.563. The number of ketones is 1. The van der Waals surface area contributed by atoms with Gasteiger partial charge in [0.05, 0.1) is 5.56 Å². The van der Waals surface area contributed by atoms with Gasteiger partial charge in [-0.2, -0.15) is 0 Å². The molecule has 0 aliphatic carbocycles. The van der Waals surface area contributed by atoms with Gasteiger partial charge >= 0.3 is 13.1 Å². The molecule has 0 unspecified atom stereocenters. The van der Waals surface area contributed by atoms with Crippen LogP contribution in [-0.2, 0) is 19.4 Å². The minimum atomic E-state index is -1.19. The highest BCUT2D eigenvalue weighted by atomic mass is 32.1. The van der Waals surface area contributed by atoms with E-state index in [1.165, 1.54) is 10.9 Å². The molecule has 134 valence electrons. The van der Waals surface area contributed by atoms with Crippen LogP contribution >= 0.6 is 11.3 Å². The number of hydrogen-bond donors (Lipinski definition) is 3. The Labute approximate surface area is 155 Å². The van der Waals surface area contributed by atoms with Crippen LogP contribution in [0.15, 0.2) is 23.6 Å². The second-order valence-electron chi connectivity index (χ2n) is 6.68. The van der Waals surface area contributed by atoms with Crippen molar-refractivity contribution >= 4 is 30.2 Å². The summed E-state index contributed by atoms with van der Waals surface area (Å²) in [5.41, 5.74) is 2.62. The van der Waals surface area contributed by atoms with Crippen molar-refractivity contribution in [3.05, 3.63) is 50.7 Å². The second-order valence-corrected chi connectivity index (χ2v) is 7.64. The third-order valence-electron chi connectivity index (χ3n) is 5.02. The number of carboxylic acids is 1. The van der Waals surface area contributed by atoms with Crippen LogP contribution in [0.4, 0.5) is 0 Å². The van der Waals surface area contributed by atoms with E-state index in [4.69, 9.17) is 4.65 Å². The molecule has 26 heavy (non-hydrogen) atoms. The topological polar surface area (TPSA) is 95.9 Å². The van der Waals surface area contributed by atoms with Crippen LogP contribution in [0.3, 0.4) is 0 Å². The molecule has 1 atom stereocenters. The molecule has 2 aromatic rings. The normalized spacial score (nSPS) is 18.7. The third kappa shape index (κ3) is 3.04. The molecule has 3 N–H and O–H groups in total. The average Bonchev–Trinajstić information content (AvgIpc) is 3.06. The highest BCUT2D eigenvalue weighted by molar-refractivity contribution is 7.10. The Morgan fingerprint density at radius 3 is 3.00 bits per heavy atom. The molecule has 0 radical (unpaired) electrons. The first-order valence-electron chi connectivity index (χ1n) is 8.57. The fourth-order valence-corrected chi connectivity index (χ4v) is 4.74. The van der Waals surface area contributed by atoms with E-state index in [0.717, 1.165) is 30.6 Å². The van der Waals surface area contributed by atoms with Crippen molar-refractivity contribution in [2.45, 2.75) is 31.6 Å². The summed E-state index contributed by atoms with van der Waals surface area (Å²) < 4.78 is 5.48. The number of carboxylic acid groups (broad SMARTS) is 1. The highest BCUT2D eigenvalue weighted by Gasteiger charge is 2.38. The molecule has 3 heterocycles. The molecule has 0 spiro atoms. The van der Waals surface area contributed by atoms with Gasteiger partial charge in [0.1, 0.15) is 5.75 Å². The molecule has 0 saturated heterocycles. The van der Waals surface area contributed by atoms with Gasteiger partial charge in [-0.3, -0.25) is 4.79 Å². The summed E-state index contributed by atoms with van der Waals surface area (Å²) in [6.07, 6.45) is 1.43. The van der Waals surface area contributed by atoms with E-state index >= 15 is 0 Å². The number of aromatic carboxylic acids is 1. The molecule has 1 aromatic heterocycles. The van der Waals surface area contributed by atoms with Gasteiger partial charge in [-0.1, -0.05) is 12.1 Å². The van der Waals surface area contributed by atoms with Crippen molar-refractivity contribution in [2.24, 2.45) is 0 Å². The first kappa shape index (κ1) is 17.3. The van der Waals surface area contributed by atoms with Crippen molar-refractivity contribution in [1.29, 1.82) is 0 Å². The van der Waals surface area contributed by atoms with Crippen LogP contribution in [0.2, 0.25) is 5.82 Å². The molecular weight excluding hydrogens is 353 g/mol. The Kier molecular flexibility index (Phi) is 4.56. The number of rotatable bonds is 4. The van der Waals surface area contributed by atoms with Gasteiger partial charge in [0, 0.05) is 34.6 Å². The number of thiophene rings is 1. The lowest BCUT2D eigenvalue weighted by atomic mass is 9.64. The monoisotopic (exact) mass is 371 g/mol. The first-order chi connectivity index (χ1) is 12.5. The molecule has 0 saturated carbocycles. The van der Waals surface area contributed by atoms with E-state index in [2.05, 4.69) is 5.32 Å². The zero-order valence-corrected chi connectivity index (χ0v) is 14.8. The molecule has 0 amide bonds. The van der Waals surface area contributed by atoms with E-state index in [1.807, 2.05) is 5.38 Å².